The van der Waals surface area contributed by atoms with Gasteiger partial charge in [0.25, 0.3) is 0 Å². The number of benzene rings is 1. The topological polar surface area (TPSA) is 42.7 Å². The molecule has 0 unspecified atom stereocenters. The quantitative estimate of drug-likeness (QED) is 0.656. The summed E-state index contributed by atoms with van der Waals surface area (Å²) in [7, 11) is 1.60. The van der Waals surface area contributed by atoms with Crippen LogP contribution in [-0.4, -0.2) is 36.8 Å². The standard InChI is InChI=1S/C17H20FNO3S/c1-21-11-9-19(13-14-5-4-10-22-14)17(20)8-12-23-16-7-3-2-6-15(16)18/h2-7,10H,8-9,11-13H2,1H3. The van der Waals surface area contributed by atoms with Crippen LogP contribution in [0.2, 0.25) is 0 Å². The van der Waals surface area contributed by atoms with E-state index in [9.17, 15) is 9.18 Å². The average molecular weight is 337 g/mol. The first-order valence-corrected chi connectivity index (χ1v) is 8.35. The Morgan fingerprint density at radius 3 is 2.83 bits per heavy atom. The summed E-state index contributed by atoms with van der Waals surface area (Å²) in [6.45, 7) is 1.38. The number of hydrogen-bond donors (Lipinski definition) is 0. The minimum atomic E-state index is -0.253. The molecule has 124 valence electrons. The van der Waals surface area contributed by atoms with Crippen molar-refractivity contribution >= 4 is 17.7 Å². The Bertz CT molecular complexity index is 604. The van der Waals surface area contributed by atoms with Crippen LogP contribution in [0.1, 0.15) is 12.2 Å². The molecule has 4 nitrogen and oxygen atoms in total. The van der Waals surface area contributed by atoms with Crippen LogP contribution in [0.5, 0.6) is 0 Å². The fourth-order valence-corrected chi connectivity index (χ4v) is 2.93. The van der Waals surface area contributed by atoms with Crippen LogP contribution in [0.15, 0.2) is 52.0 Å². The molecule has 23 heavy (non-hydrogen) atoms. The van der Waals surface area contributed by atoms with E-state index in [2.05, 4.69) is 0 Å². The third kappa shape index (κ3) is 5.73. The number of amides is 1. The Morgan fingerprint density at radius 1 is 1.30 bits per heavy atom. The van der Waals surface area contributed by atoms with Gasteiger partial charge >= 0.3 is 0 Å². The molecule has 1 heterocycles. The number of ether oxygens (including phenoxy) is 1. The summed E-state index contributed by atoms with van der Waals surface area (Å²) in [5.41, 5.74) is 0. The van der Waals surface area contributed by atoms with E-state index < -0.39 is 0 Å². The fraction of sp³-hybridized carbons (Fsp3) is 0.353. The van der Waals surface area contributed by atoms with E-state index in [1.807, 2.05) is 6.07 Å². The SMILES string of the molecule is COCCN(Cc1ccco1)C(=O)CCSc1ccccc1F. The van der Waals surface area contributed by atoms with Crippen LogP contribution in [0.4, 0.5) is 4.39 Å². The summed E-state index contributed by atoms with van der Waals surface area (Å²) in [5, 5.41) is 0. The first-order chi connectivity index (χ1) is 11.2. The molecule has 0 aliphatic carbocycles. The molecule has 6 heteroatoms. The van der Waals surface area contributed by atoms with Gasteiger partial charge in [0.15, 0.2) is 0 Å². The second kappa shape index (κ2) is 9.37. The van der Waals surface area contributed by atoms with Gasteiger partial charge in [0, 0.05) is 30.7 Å². The minimum Gasteiger partial charge on any atom is -0.467 e. The van der Waals surface area contributed by atoms with Crippen LogP contribution in [0.3, 0.4) is 0 Å². The molecule has 0 spiro atoms. The lowest BCUT2D eigenvalue weighted by Gasteiger charge is -2.21. The number of carbonyl (C=O) groups is 1. The molecule has 0 radical (unpaired) electrons. The number of rotatable bonds is 9. The van der Waals surface area contributed by atoms with E-state index in [1.54, 1.807) is 42.5 Å². The van der Waals surface area contributed by atoms with Crippen molar-refractivity contribution in [1.82, 2.24) is 4.90 Å². The van der Waals surface area contributed by atoms with Crippen molar-refractivity contribution in [2.45, 2.75) is 17.9 Å². The molecule has 2 aromatic rings. The number of nitrogens with zero attached hydrogens (tertiary/aromatic N) is 1. The highest BCUT2D eigenvalue weighted by atomic mass is 32.2. The zero-order chi connectivity index (χ0) is 16.5. The second-order valence-electron chi connectivity index (χ2n) is 4.92. The number of furan rings is 1. The molecular weight excluding hydrogens is 317 g/mol. The third-order valence-electron chi connectivity index (χ3n) is 3.25. The van der Waals surface area contributed by atoms with Gasteiger partial charge in [-0.05, 0) is 24.3 Å². The minimum absolute atomic E-state index is 0.00212. The van der Waals surface area contributed by atoms with Gasteiger partial charge in [-0.25, -0.2) is 4.39 Å². The number of thioether (sulfide) groups is 1. The van der Waals surface area contributed by atoms with Crippen molar-refractivity contribution in [2.75, 3.05) is 26.0 Å². The first kappa shape index (κ1) is 17.6. The van der Waals surface area contributed by atoms with Crippen LogP contribution in [0, 0.1) is 5.82 Å². The van der Waals surface area contributed by atoms with Gasteiger partial charge in [0.05, 0.1) is 19.4 Å². The van der Waals surface area contributed by atoms with Crippen molar-refractivity contribution in [3.8, 4) is 0 Å². The van der Waals surface area contributed by atoms with E-state index in [4.69, 9.17) is 9.15 Å². The number of halogens is 1. The molecule has 0 saturated heterocycles. The molecule has 0 N–H and O–H groups in total. The molecule has 0 saturated carbocycles. The maximum absolute atomic E-state index is 13.5. The fourth-order valence-electron chi connectivity index (χ4n) is 2.05. The maximum atomic E-state index is 13.5. The monoisotopic (exact) mass is 337 g/mol. The lowest BCUT2D eigenvalue weighted by atomic mass is 10.3. The molecule has 0 aliphatic rings. The Kier molecular flexibility index (Phi) is 7.16. The predicted octanol–water partition coefficient (Wildman–Crippen LogP) is 3.58. The smallest absolute Gasteiger partial charge is 0.223 e. The number of carbonyl (C=O) groups excluding carboxylic acids is 1. The van der Waals surface area contributed by atoms with Gasteiger partial charge in [-0.15, -0.1) is 11.8 Å². The lowest BCUT2D eigenvalue weighted by Crippen LogP contribution is -2.33. The lowest BCUT2D eigenvalue weighted by molar-refractivity contribution is -0.132. The van der Waals surface area contributed by atoms with Gasteiger partial charge in [-0.1, -0.05) is 12.1 Å². The maximum Gasteiger partial charge on any atom is 0.223 e. The summed E-state index contributed by atoms with van der Waals surface area (Å²) >= 11 is 1.35. The molecule has 1 aromatic heterocycles. The summed E-state index contributed by atoms with van der Waals surface area (Å²) in [5.74, 6) is 1.01. The summed E-state index contributed by atoms with van der Waals surface area (Å²) in [4.78, 5) is 14.6. The van der Waals surface area contributed by atoms with Gasteiger partial charge < -0.3 is 14.1 Å². The van der Waals surface area contributed by atoms with Gasteiger partial charge in [0.2, 0.25) is 5.91 Å². The van der Waals surface area contributed by atoms with E-state index in [-0.39, 0.29) is 11.7 Å². The highest BCUT2D eigenvalue weighted by molar-refractivity contribution is 7.99. The third-order valence-corrected chi connectivity index (χ3v) is 4.31. The van der Waals surface area contributed by atoms with E-state index >= 15 is 0 Å². The van der Waals surface area contributed by atoms with E-state index in [1.165, 1.54) is 17.8 Å². The Hall–Kier alpha value is -1.79. The number of hydrogen-bond acceptors (Lipinski definition) is 4. The van der Waals surface area contributed by atoms with E-state index in [0.29, 0.717) is 36.8 Å². The van der Waals surface area contributed by atoms with Crippen molar-refractivity contribution in [3.05, 3.63) is 54.2 Å². The van der Waals surface area contributed by atoms with Gasteiger partial charge in [-0.3, -0.25) is 4.79 Å². The van der Waals surface area contributed by atoms with Crippen LogP contribution < -0.4 is 0 Å². The largest absolute Gasteiger partial charge is 0.467 e. The molecule has 0 atom stereocenters. The van der Waals surface area contributed by atoms with Gasteiger partial charge in [0.1, 0.15) is 11.6 Å². The highest BCUT2D eigenvalue weighted by Crippen LogP contribution is 2.22. The number of methoxy groups -OCH3 is 1. The molecular formula is C17H20FNO3S. The van der Waals surface area contributed by atoms with Crippen molar-refractivity contribution < 1.29 is 18.3 Å². The summed E-state index contributed by atoms with van der Waals surface area (Å²) in [6.07, 6.45) is 1.92. The van der Waals surface area contributed by atoms with Gasteiger partial charge in [-0.2, -0.15) is 0 Å². The summed E-state index contributed by atoms with van der Waals surface area (Å²) in [6, 6.07) is 10.2. The van der Waals surface area contributed by atoms with Crippen LogP contribution in [0.25, 0.3) is 0 Å². The Morgan fingerprint density at radius 2 is 2.13 bits per heavy atom. The van der Waals surface area contributed by atoms with E-state index in [0.717, 1.165) is 5.76 Å². The highest BCUT2D eigenvalue weighted by Gasteiger charge is 2.15. The molecule has 1 aromatic carbocycles. The second-order valence-corrected chi connectivity index (χ2v) is 6.05. The van der Waals surface area contributed by atoms with Crippen LogP contribution in [-0.2, 0) is 16.1 Å². The van der Waals surface area contributed by atoms with Crippen molar-refractivity contribution in [3.63, 3.8) is 0 Å². The zero-order valence-electron chi connectivity index (χ0n) is 13.0. The molecule has 0 fully saturated rings. The van der Waals surface area contributed by atoms with Crippen molar-refractivity contribution in [2.24, 2.45) is 0 Å². The molecule has 0 aliphatic heterocycles. The normalized spacial score (nSPS) is 10.7. The molecule has 2 rings (SSSR count). The summed E-state index contributed by atoms with van der Waals surface area (Å²) < 4.78 is 23.9. The van der Waals surface area contributed by atoms with Crippen molar-refractivity contribution in [1.29, 1.82) is 0 Å². The first-order valence-electron chi connectivity index (χ1n) is 7.37. The zero-order valence-corrected chi connectivity index (χ0v) is 13.9. The van der Waals surface area contributed by atoms with Crippen LogP contribution >= 0.6 is 11.8 Å². The molecule has 1 amide bonds. The Balaban J connectivity index is 1.85. The average Bonchev–Trinajstić information content (AvgIpc) is 3.06. The molecule has 0 bridgehead atoms. The Labute approximate surface area is 139 Å². The predicted molar refractivity (Wildman–Crippen MR) is 87.7 cm³/mol.